The van der Waals surface area contributed by atoms with Crippen LogP contribution in [-0.2, 0) is 17.8 Å². The maximum absolute atomic E-state index is 5.36. The summed E-state index contributed by atoms with van der Waals surface area (Å²) in [5.41, 5.74) is 2.35. The fourth-order valence-corrected chi connectivity index (χ4v) is 2.65. The molecule has 4 heterocycles. The SMILES string of the molecule is c1cc(N2Cc3c[nH]nc3C2)nc(N2CCOCC2)n1. The molecule has 7 nitrogen and oxygen atoms in total. The summed E-state index contributed by atoms with van der Waals surface area (Å²) >= 11 is 0. The first-order valence-electron chi connectivity index (χ1n) is 6.82. The summed E-state index contributed by atoms with van der Waals surface area (Å²) in [5, 5.41) is 7.15. The van der Waals surface area contributed by atoms with Crippen LogP contribution in [-0.4, -0.2) is 46.5 Å². The van der Waals surface area contributed by atoms with Gasteiger partial charge in [-0.3, -0.25) is 5.10 Å². The lowest BCUT2D eigenvalue weighted by Gasteiger charge is -2.27. The molecule has 0 unspecified atom stereocenters. The lowest BCUT2D eigenvalue weighted by atomic mass is 10.3. The van der Waals surface area contributed by atoms with Crippen molar-refractivity contribution >= 4 is 11.8 Å². The van der Waals surface area contributed by atoms with E-state index in [2.05, 4.69) is 30.0 Å². The minimum Gasteiger partial charge on any atom is -0.378 e. The fourth-order valence-electron chi connectivity index (χ4n) is 2.65. The Morgan fingerprint density at radius 2 is 2.05 bits per heavy atom. The number of nitrogens with zero attached hydrogens (tertiary/aromatic N) is 5. The number of aromatic nitrogens is 4. The van der Waals surface area contributed by atoms with Gasteiger partial charge in [0.1, 0.15) is 5.82 Å². The van der Waals surface area contributed by atoms with E-state index >= 15 is 0 Å². The Morgan fingerprint density at radius 3 is 2.90 bits per heavy atom. The standard InChI is InChI=1S/C13H16N6O/c1-2-14-13(18-3-5-20-6-4-18)16-12(1)19-8-10-7-15-17-11(10)9-19/h1-2,7H,3-6,8-9H2,(H,15,17). The highest BCUT2D eigenvalue weighted by Gasteiger charge is 2.23. The molecule has 2 aromatic rings. The van der Waals surface area contributed by atoms with Crippen molar-refractivity contribution in [3.63, 3.8) is 0 Å². The molecule has 2 aliphatic heterocycles. The topological polar surface area (TPSA) is 70.2 Å². The molecule has 0 aliphatic carbocycles. The molecule has 0 aromatic carbocycles. The number of hydrogen-bond donors (Lipinski definition) is 1. The van der Waals surface area contributed by atoms with E-state index in [1.807, 2.05) is 18.5 Å². The molecule has 0 spiro atoms. The first-order chi connectivity index (χ1) is 9.90. The lowest BCUT2D eigenvalue weighted by Crippen LogP contribution is -2.37. The molecule has 7 heteroatoms. The third-order valence-corrected chi connectivity index (χ3v) is 3.76. The van der Waals surface area contributed by atoms with Gasteiger partial charge in [-0.05, 0) is 6.07 Å². The summed E-state index contributed by atoms with van der Waals surface area (Å²) in [7, 11) is 0. The average molecular weight is 272 g/mol. The second-order valence-corrected chi connectivity index (χ2v) is 5.03. The Labute approximate surface area is 116 Å². The molecule has 1 saturated heterocycles. The molecule has 4 rings (SSSR count). The molecular weight excluding hydrogens is 256 g/mol. The van der Waals surface area contributed by atoms with Crippen molar-refractivity contribution < 1.29 is 4.74 Å². The molecule has 1 fully saturated rings. The summed E-state index contributed by atoms with van der Waals surface area (Å²) in [6, 6.07) is 1.96. The number of nitrogens with one attached hydrogen (secondary N) is 1. The van der Waals surface area contributed by atoms with Crippen molar-refractivity contribution in [1.29, 1.82) is 0 Å². The number of rotatable bonds is 2. The van der Waals surface area contributed by atoms with Crippen LogP contribution >= 0.6 is 0 Å². The van der Waals surface area contributed by atoms with Crippen LogP contribution in [0.15, 0.2) is 18.5 Å². The van der Waals surface area contributed by atoms with Crippen molar-refractivity contribution in [3.05, 3.63) is 29.7 Å². The van der Waals surface area contributed by atoms with E-state index in [0.29, 0.717) is 0 Å². The van der Waals surface area contributed by atoms with E-state index in [1.165, 1.54) is 5.56 Å². The Hall–Kier alpha value is -2.15. The van der Waals surface area contributed by atoms with Gasteiger partial charge >= 0.3 is 0 Å². The minimum absolute atomic E-state index is 0.743. The zero-order valence-electron chi connectivity index (χ0n) is 11.1. The predicted molar refractivity (Wildman–Crippen MR) is 73.5 cm³/mol. The highest BCUT2D eigenvalue weighted by molar-refractivity contribution is 5.47. The molecule has 2 aromatic heterocycles. The van der Waals surface area contributed by atoms with E-state index in [9.17, 15) is 0 Å². The summed E-state index contributed by atoms with van der Waals surface area (Å²) in [4.78, 5) is 13.5. The van der Waals surface area contributed by atoms with Crippen LogP contribution in [0.4, 0.5) is 11.8 Å². The molecular formula is C13H16N6O. The van der Waals surface area contributed by atoms with Crippen LogP contribution in [0.1, 0.15) is 11.3 Å². The number of aromatic amines is 1. The van der Waals surface area contributed by atoms with Crippen LogP contribution in [0.3, 0.4) is 0 Å². The molecule has 2 aliphatic rings. The van der Waals surface area contributed by atoms with Crippen molar-refractivity contribution in [2.45, 2.75) is 13.1 Å². The third-order valence-electron chi connectivity index (χ3n) is 3.76. The van der Waals surface area contributed by atoms with Crippen molar-refractivity contribution in [1.82, 2.24) is 20.2 Å². The van der Waals surface area contributed by atoms with Gasteiger partial charge in [0.2, 0.25) is 5.95 Å². The van der Waals surface area contributed by atoms with Gasteiger partial charge in [0.25, 0.3) is 0 Å². The van der Waals surface area contributed by atoms with E-state index in [1.54, 1.807) is 0 Å². The van der Waals surface area contributed by atoms with Gasteiger partial charge in [0.15, 0.2) is 0 Å². The Bertz CT molecular complexity index is 586. The van der Waals surface area contributed by atoms with Gasteiger partial charge in [-0.2, -0.15) is 10.1 Å². The normalized spacial score (nSPS) is 18.4. The Morgan fingerprint density at radius 1 is 1.15 bits per heavy atom. The second-order valence-electron chi connectivity index (χ2n) is 5.03. The maximum atomic E-state index is 5.36. The fraction of sp³-hybridized carbons (Fsp3) is 0.462. The largest absolute Gasteiger partial charge is 0.378 e. The molecule has 104 valence electrons. The smallest absolute Gasteiger partial charge is 0.227 e. The molecule has 0 saturated carbocycles. The van der Waals surface area contributed by atoms with Gasteiger partial charge < -0.3 is 14.5 Å². The van der Waals surface area contributed by atoms with Crippen molar-refractivity contribution in [2.24, 2.45) is 0 Å². The highest BCUT2D eigenvalue weighted by Crippen LogP contribution is 2.26. The number of anilines is 2. The Balaban J connectivity index is 1.55. The van der Waals surface area contributed by atoms with Gasteiger partial charge in [-0.15, -0.1) is 0 Å². The number of H-pyrrole nitrogens is 1. The van der Waals surface area contributed by atoms with Gasteiger partial charge in [0, 0.05) is 37.6 Å². The van der Waals surface area contributed by atoms with E-state index in [-0.39, 0.29) is 0 Å². The second kappa shape index (κ2) is 4.75. The van der Waals surface area contributed by atoms with Crippen LogP contribution in [0.5, 0.6) is 0 Å². The molecule has 0 radical (unpaired) electrons. The molecule has 20 heavy (non-hydrogen) atoms. The van der Waals surface area contributed by atoms with Gasteiger partial charge in [0.05, 0.1) is 25.5 Å². The monoisotopic (exact) mass is 272 g/mol. The third kappa shape index (κ3) is 2.00. The number of fused-ring (bicyclic) bond motifs is 1. The first kappa shape index (κ1) is 11.7. The quantitative estimate of drug-likeness (QED) is 0.861. The van der Waals surface area contributed by atoms with Crippen molar-refractivity contribution in [3.8, 4) is 0 Å². The van der Waals surface area contributed by atoms with E-state index in [4.69, 9.17) is 4.74 Å². The minimum atomic E-state index is 0.743. The van der Waals surface area contributed by atoms with Gasteiger partial charge in [-0.1, -0.05) is 0 Å². The molecule has 0 amide bonds. The molecule has 1 N–H and O–H groups in total. The maximum Gasteiger partial charge on any atom is 0.227 e. The summed E-state index contributed by atoms with van der Waals surface area (Å²) in [5.74, 6) is 1.75. The zero-order valence-corrected chi connectivity index (χ0v) is 11.1. The average Bonchev–Trinajstić information content (AvgIpc) is 3.10. The van der Waals surface area contributed by atoms with Crippen LogP contribution in [0.2, 0.25) is 0 Å². The lowest BCUT2D eigenvalue weighted by molar-refractivity contribution is 0.122. The van der Waals surface area contributed by atoms with Crippen LogP contribution in [0.25, 0.3) is 0 Å². The Kier molecular flexibility index (Phi) is 2.77. The van der Waals surface area contributed by atoms with E-state index < -0.39 is 0 Å². The highest BCUT2D eigenvalue weighted by atomic mass is 16.5. The van der Waals surface area contributed by atoms with Crippen LogP contribution < -0.4 is 9.80 Å². The summed E-state index contributed by atoms with van der Waals surface area (Å²) < 4.78 is 5.36. The first-order valence-corrected chi connectivity index (χ1v) is 6.82. The summed E-state index contributed by atoms with van der Waals surface area (Å²) in [6.07, 6.45) is 3.79. The number of ether oxygens (including phenoxy) is 1. The zero-order chi connectivity index (χ0) is 13.4. The van der Waals surface area contributed by atoms with Gasteiger partial charge in [-0.25, -0.2) is 4.98 Å². The predicted octanol–water partition coefficient (Wildman–Crippen LogP) is 0.556. The molecule has 0 bridgehead atoms. The molecule has 0 atom stereocenters. The summed E-state index contributed by atoms with van der Waals surface area (Å²) in [6.45, 7) is 4.85. The number of hydrogen-bond acceptors (Lipinski definition) is 6. The van der Waals surface area contributed by atoms with E-state index in [0.717, 1.165) is 56.9 Å². The number of morpholine rings is 1. The van der Waals surface area contributed by atoms with Crippen molar-refractivity contribution in [2.75, 3.05) is 36.1 Å². The van der Waals surface area contributed by atoms with Crippen LogP contribution in [0, 0.1) is 0 Å².